The van der Waals surface area contributed by atoms with Crippen LogP contribution in [-0.2, 0) is 9.47 Å². The third-order valence-electron chi connectivity index (χ3n) is 2.76. The minimum Gasteiger partial charge on any atom is -0.465 e. The highest BCUT2D eigenvalue weighted by Crippen LogP contribution is 2.39. The Bertz CT molecular complexity index is 525. The number of carbonyl (C=O) groups is 2. The molecule has 1 rings (SSSR count). The summed E-state index contributed by atoms with van der Waals surface area (Å²) in [4.78, 5) is 26.0. The van der Waals surface area contributed by atoms with E-state index in [4.69, 9.17) is 15.2 Å². The maximum atomic E-state index is 12.0. The summed E-state index contributed by atoms with van der Waals surface area (Å²) >= 11 is 1.15. The Morgan fingerprint density at radius 1 is 1.33 bits per heavy atom. The molecule has 0 amide bonds. The Morgan fingerprint density at radius 3 is 2.43 bits per heavy atom. The van der Waals surface area contributed by atoms with Gasteiger partial charge in [-0.2, -0.15) is 0 Å². The average Bonchev–Trinajstić information content (AvgIpc) is 2.75. The predicted molar refractivity (Wildman–Crippen MR) is 84.1 cm³/mol. The highest BCUT2D eigenvalue weighted by molar-refractivity contribution is 7.19. The van der Waals surface area contributed by atoms with Crippen molar-refractivity contribution in [2.24, 2.45) is 5.92 Å². The number of methoxy groups -OCH3 is 1. The van der Waals surface area contributed by atoms with E-state index < -0.39 is 11.9 Å². The van der Waals surface area contributed by atoms with Gasteiger partial charge >= 0.3 is 11.9 Å². The topological polar surface area (TPSA) is 81.9 Å². The molecule has 0 aliphatic carbocycles. The number of nitrogens with zero attached hydrogens (tertiary/aromatic N) is 1. The van der Waals surface area contributed by atoms with Gasteiger partial charge in [0.1, 0.15) is 15.4 Å². The van der Waals surface area contributed by atoms with Crippen LogP contribution in [0.2, 0.25) is 0 Å². The van der Waals surface area contributed by atoms with Gasteiger partial charge in [0, 0.05) is 13.6 Å². The van der Waals surface area contributed by atoms with Crippen LogP contribution in [0.3, 0.4) is 0 Å². The summed E-state index contributed by atoms with van der Waals surface area (Å²) in [6.45, 7) is 6.83. The molecular weight excluding hydrogens is 292 g/mol. The lowest BCUT2D eigenvalue weighted by Crippen LogP contribution is -2.23. The zero-order valence-electron chi connectivity index (χ0n) is 13.1. The van der Waals surface area contributed by atoms with E-state index in [1.165, 1.54) is 7.11 Å². The lowest BCUT2D eigenvalue weighted by Gasteiger charge is -2.20. The summed E-state index contributed by atoms with van der Waals surface area (Å²) in [7, 11) is 3.14. The molecule has 0 saturated heterocycles. The van der Waals surface area contributed by atoms with Gasteiger partial charge in [0.2, 0.25) is 0 Å². The molecule has 0 saturated carbocycles. The van der Waals surface area contributed by atoms with Gasteiger partial charge in [-0.05, 0) is 12.8 Å². The zero-order chi connectivity index (χ0) is 16.2. The molecule has 1 heterocycles. The van der Waals surface area contributed by atoms with Crippen LogP contribution < -0.4 is 10.6 Å². The van der Waals surface area contributed by atoms with E-state index in [1.807, 2.05) is 11.9 Å². The van der Waals surface area contributed by atoms with Crippen molar-refractivity contribution in [3.8, 4) is 0 Å². The standard InChI is InChI=1S/C14H22N2O4S/c1-6-20-14(18)11-10(15)9(13(17)19-5)12(21-11)16(4)7-8(2)3/h8H,6-7,15H2,1-5H3. The summed E-state index contributed by atoms with van der Waals surface area (Å²) < 4.78 is 9.75. The van der Waals surface area contributed by atoms with E-state index in [9.17, 15) is 9.59 Å². The molecule has 0 aliphatic heterocycles. The first kappa shape index (κ1) is 17.3. The largest absolute Gasteiger partial charge is 0.465 e. The number of rotatable bonds is 6. The van der Waals surface area contributed by atoms with Crippen LogP contribution in [0.4, 0.5) is 10.7 Å². The van der Waals surface area contributed by atoms with Gasteiger partial charge in [-0.1, -0.05) is 13.8 Å². The highest BCUT2D eigenvalue weighted by atomic mass is 32.1. The molecule has 0 unspecified atom stereocenters. The molecule has 0 bridgehead atoms. The normalized spacial score (nSPS) is 10.6. The van der Waals surface area contributed by atoms with Gasteiger partial charge in [0.25, 0.3) is 0 Å². The van der Waals surface area contributed by atoms with Gasteiger partial charge in [0.05, 0.1) is 19.4 Å². The number of ether oxygens (including phenoxy) is 2. The fourth-order valence-corrected chi connectivity index (χ4v) is 3.05. The molecule has 0 aromatic carbocycles. The Hall–Kier alpha value is -1.76. The number of nitrogens with two attached hydrogens (primary N) is 1. The summed E-state index contributed by atoms with van der Waals surface area (Å²) in [6, 6.07) is 0. The first-order chi connectivity index (χ1) is 9.83. The molecule has 0 spiro atoms. The molecular formula is C14H22N2O4S. The van der Waals surface area contributed by atoms with Gasteiger partial charge in [0.15, 0.2) is 0 Å². The molecule has 2 N–H and O–H groups in total. The van der Waals surface area contributed by atoms with Gasteiger partial charge in [-0.25, -0.2) is 9.59 Å². The number of carbonyl (C=O) groups excluding carboxylic acids is 2. The number of esters is 2. The predicted octanol–water partition coefficient (Wildman–Crippen LogP) is 2.39. The van der Waals surface area contributed by atoms with Crippen LogP contribution in [0.25, 0.3) is 0 Å². The van der Waals surface area contributed by atoms with Crippen molar-refractivity contribution in [1.29, 1.82) is 0 Å². The first-order valence-electron chi connectivity index (χ1n) is 6.72. The van der Waals surface area contributed by atoms with Crippen LogP contribution in [0.15, 0.2) is 0 Å². The number of anilines is 2. The monoisotopic (exact) mass is 314 g/mol. The highest BCUT2D eigenvalue weighted by Gasteiger charge is 2.28. The number of thiophene rings is 1. The molecule has 118 valence electrons. The second-order valence-corrected chi connectivity index (χ2v) is 6.01. The second-order valence-electron chi connectivity index (χ2n) is 5.01. The number of nitrogen functional groups attached to an aromatic ring is 1. The fourth-order valence-electron chi connectivity index (χ4n) is 1.98. The summed E-state index contributed by atoms with van der Waals surface area (Å²) in [5.41, 5.74) is 6.31. The van der Waals surface area contributed by atoms with Crippen molar-refractivity contribution in [1.82, 2.24) is 0 Å². The van der Waals surface area contributed by atoms with Crippen molar-refractivity contribution in [3.05, 3.63) is 10.4 Å². The van der Waals surface area contributed by atoms with Gasteiger partial charge < -0.3 is 20.1 Å². The van der Waals surface area contributed by atoms with Crippen LogP contribution in [0.1, 0.15) is 40.8 Å². The Labute approximate surface area is 128 Å². The maximum absolute atomic E-state index is 12.0. The second kappa shape index (κ2) is 7.31. The Balaban J connectivity index is 3.30. The van der Waals surface area contributed by atoms with Crippen molar-refractivity contribution in [2.75, 3.05) is 37.9 Å². The lowest BCUT2D eigenvalue weighted by molar-refractivity contribution is 0.0533. The molecule has 7 heteroatoms. The van der Waals surface area contributed by atoms with Crippen molar-refractivity contribution in [2.45, 2.75) is 20.8 Å². The van der Waals surface area contributed by atoms with E-state index in [1.54, 1.807) is 6.92 Å². The smallest absolute Gasteiger partial charge is 0.350 e. The Kier molecular flexibility index (Phi) is 6.02. The quantitative estimate of drug-likeness (QED) is 0.812. The van der Waals surface area contributed by atoms with Crippen LogP contribution >= 0.6 is 11.3 Å². The minimum absolute atomic E-state index is 0.121. The summed E-state index contributed by atoms with van der Waals surface area (Å²) in [6.07, 6.45) is 0. The van der Waals surface area contributed by atoms with E-state index >= 15 is 0 Å². The van der Waals surface area contributed by atoms with E-state index in [0.717, 1.165) is 17.9 Å². The van der Waals surface area contributed by atoms with Crippen LogP contribution in [0.5, 0.6) is 0 Å². The zero-order valence-corrected chi connectivity index (χ0v) is 13.9. The molecule has 1 aromatic rings. The molecule has 0 fully saturated rings. The SMILES string of the molecule is CCOC(=O)c1sc(N(C)CC(C)C)c(C(=O)OC)c1N. The maximum Gasteiger partial charge on any atom is 0.350 e. The van der Waals surface area contributed by atoms with Gasteiger partial charge in [-0.3, -0.25) is 0 Å². The number of hydrogen-bond donors (Lipinski definition) is 1. The molecule has 0 aliphatic rings. The van der Waals surface area contributed by atoms with Gasteiger partial charge in [-0.15, -0.1) is 11.3 Å². The summed E-state index contributed by atoms with van der Waals surface area (Å²) in [5, 5.41) is 0.621. The van der Waals surface area contributed by atoms with Crippen molar-refractivity contribution >= 4 is 34.0 Å². The van der Waals surface area contributed by atoms with E-state index in [0.29, 0.717) is 10.9 Å². The van der Waals surface area contributed by atoms with Crippen molar-refractivity contribution < 1.29 is 19.1 Å². The molecule has 6 nitrogen and oxygen atoms in total. The third-order valence-corrected chi connectivity index (χ3v) is 4.06. The van der Waals surface area contributed by atoms with E-state index in [2.05, 4.69) is 13.8 Å². The Morgan fingerprint density at radius 2 is 1.95 bits per heavy atom. The molecule has 0 radical (unpaired) electrons. The minimum atomic E-state index is -0.551. The molecule has 0 atom stereocenters. The third kappa shape index (κ3) is 3.87. The molecule has 1 aromatic heterocycles. The number of hydrogen-bond acceptors (Lipinski definition) is 7. The van der Waals surface area contributed by atoms with Crippen molar-refractivity contribution in [3.63, 3.8) is 0 Å². The fraction of sp³-hybridized carbons (Fsp3) is 0.571. The average molecular weight is 314 g/mol. The van der Waals surface area contributed by atoms with Crippen LogP contribution in [-0.4, -0.2) is 39.2 Å². The van der Waals surface area contributed by atoms with Crippen LogP contribution in [0, 0.1) is 5.92 Å². The van der Waals surface area contributed by atoms with E-state index in [-0.39, 0.29) is 22.7 Å². The molecule has 21 heavy (non-hydrogen) atoms. The lowest BCUT2D eigenvalue weighted by atomic mass is 10.2. The summed E-state index contributed by atoms with van der Waals surface area (Å²) in [5.74, 6) is -0.672. The first-order valence-corrected chi connectivity index (χ1v) is 7.53.